The minimum atomic E-state index is -0.213. The Morgan fingerprint density at radius 1 is 1.08 bits per heavy atom. The van der Waals surface area contributed by atoms with Gasteiger partial charge in [-0.3, -0.25) is 4.68 Å². The summed E-state index contributed by atoms with van der Waals surface area (Å²) in [4.78, 5) is 0. The van der Waals surface area contributed by atoms with Crippen molar-refractivity contribution in [2.45, 2.75) is 19.4 Å². The number of halogens is 2. The summed E-state index contributed by atoms with van der Waals surface area (Å²) >= 11 is 6.02. The molecule has 0 unspecified atom stereocenters. The van der Waals surface area contributed by atoms with Gasteiger partial charge in [0.2, 0.25) is 0 Å². The zero-order chi connectivity index (χ0) is 17.2. The van der Waals surface area contributed by atoms with Crippen molar-refractivity contribution in [3.05, 3.63) is 76.2 Å². The summed E-state index contributed by atoms with van der Waals surface area (Å²) < 4.78 is 15.6. The first-order valence-corrected chi connectivity index (χ1v) is 8.88. The van der Waals surface area contributed by atoms with Crippen molar-refractivity contribution in [3.8, 4) is 11.3 Å². The van der Waals surface area contributed by atoms with Gasteiger partial charge in [0.25, 0.3) is 0 Å². The molecule has 1 aromatic heterocycles. The number of nitrogens with one attached hydrogen (secondary N) is 1. The highest BCUT2D eigenvalue weighted by Gasteiger charge is 2.20. The van der Waals surface area contributed by atoms with E-state index in [1.54, 1.807) is 12.1 Å². The quantitative estimate of drug-likeness (QED) is 0.767. The SMILES string of the molecule is Fc1cccc(Cn2nc(-c3ccc(Cl)cc3)c3c2CCNCC3)c1. The van der Waals surface area contributed by atoms with Crippen molar-refractivity contribution in [2.75, 3.05) is 13.1 Å². The van der Waals surface area contributed by atoms with E-state index in [9.17, 15) is 4.39 Å². The van der Waals surface area contributed by atoms with Crippen LogP contribution in [-0.2, 0) is 19.4 Å². The van der Waals surface area contributed by atoms with Crippen LogP contribution in [0.3, 0.4) is 0 Å². The van der Waals surface area contributed by atoms with Gasteiger partial charge >= 0.3 is 0 Å². The maximum atomic E-state index is 13.5. The molecule has 1 aliphatic rings. The zero-order valence-electron chi connectivity index (χ0n) is 13.8. The van der Waals surface area contributed by atoms with Gasteiger partial charge < -0.3 is 5.32 Å². The van der Waals surface area contributed by atoms with Crippen molar-refractivity contribution in [3.63, 3.8) is 0 Å². The molecule has 25 heavy (non-hydrogen) atoms. The molecule has 0 saturated carbocycles. The van der Waals surface area contributed by atoms with Gasteiger partial charge in [0.1, 0.15) is 5.82 Å². The van der Waals surface area contributed by atoms with E-state index in [-0.39, 0.29) is 5.82 Å². The maximum absolute atomic E-state index is 13.5. The smallest absolute Gasteiger partial charge is 0.123 e. The number of rotatable bonds is 3. The molecular formula is C20H19ClFN3. The van der Waals surface area contributed by atoms with E-state index in [0.29, 0.717) is 6.54 Å². The Morgan fingerprint density at radius 2 is 1.88 bits per heavy atom. The van der Waals surface area contributed by atoms with Crippen LogP contribution >= 0.6 is 11.6 Å². The van der Waals surface area contributed by atoms with Crippen molar-refractivity contribution < 1.29 is 4.39 Å². The van der Waals surface area contributed by atoms with Gasteiger partial charge in [-0.1, -0.05) is 35.9 Å². The lowest BCUT2D eigenvalue weighted by Crippen LogP contribution is -2.17. The summed E-state index contributed by atoms with van der Waals surface area (Å²) in [5, 5.41) is 9.05. The fraction of sp³-hybridized carbons (Fsp3) is 0.250. The van der Waals surface area contributed by atoms with E-state index in [0.717, 1.165) is 47.8 Å². The lowest BCUT2D eigenvalue weighted by Gasteiger charge is -2.07. The molecule has 1 N–H and O–H groups in total. The monoisotopic (exact) mass is 355 g/mol. The van der Waals surface area contributed by atoms with Crippen LogP contribution in [0.2, 0.25) is 5.02 Å². The number of hydrogen-bond acceptors (Lipinski definition) is 2. The molecule has 0 amide bonds. The van der Waals surface area contributed by atoms with Crippen LogP contribution in [0.25, 0.3) is 11.3 Å². The zero-order valence-corrected chi connectivity index (χ0v) is 14.6. The van der Waals surface area contributed by atoms with E-state index in [1.165, 1.54) is 17.3 Å². The van der Waals surface area contributed by atoms with Crippen LogP contribution in [0, 0.1) is 5.82 Å². The fourth-order valence-corrected chi connectivity index (χ4v) is 3.53. The molecule has 0 bridgehead atoms. The summed E-state index contributed by atoms with van der Waals surface area (Å²) in [6, 6.07) is 14.5. The highest BCUT2D eigenvalue weighted by Crippen LogP contribution is 2.29. The topological polar surface area (TPSA) is 29.9 Å². The molecule has 2 aromatic carbocycles. The first-order valence-electron chi connectivity index (χ1n) is 8.50. The Kier molecular flexibility index (Phi) is 4.55. The van der Waals surface area contributed by atoms with Crippen molar-refractivity contribution in [1.82, 2.24) is 15.1 Å². The molecule has 128 valence electrons. The average molecular weight is 356 g/mol. The Bertz CT molecular complexity index is 886. The van der Waals surface area contributed by atoms with Crippen molar-refractivity contribution >= 4 is 11.6 Å². The van der Waals surface area contributed by atoms with Gasteiger partial charge in [0, 0.05) is 34.8 Å². The second-order valence-electron chi connectivity index (χ2n) is 6.32. The third kappa shape index (κ3) is 3.46. The minimum Gasteiger partial charge on any atom is -0.316 e. The molecule has 4 rings (SSSR count). The van der Waals surface area contributed by atoms with Crippen LogP contribution in [0.1, 0.15) is 16.8 Å². The van der Waals surface area contributed by atoms with Crippen LogP contribution in [0.15, 0.2) is 48.5 Å². The van der Waals surface area contributed by atoms with E-state index in [4.69, 9.17) is 16.7 Å². The molecule has 1 aliphatic heterocycles. The molecule has 0 atom stereocenters. The summed E-state index contributed by atoms with van der Waals surface area (Å²) in [6.45, 7) is 2.45. The predicted molar refractivity (Wildman–Crippen MR) is 98.5 cm³/mol. The molecule has 2 heterocycles. The number of nitrogens with zero attached hydrogens (tertiary/aromatic N) is 2. The third-order valence-corrected chi connectivity index (χ3v) is 4.85. The molecular weight excluding hydrogens is 337 g/mol. The summed E-state index contributed by atoms with van der Waals surface area (Å²) in [5.74, 6) is -0.213. The molecule has 0 radical (unpaired) electrons. The first-order chi connectivity index (χ1) is 12.2. The van der Waals surface area contributed by atoms with E-state index < -0.39 is 0 Å². The van der Waals surface area contributed by atoms with Gasteiger partial charge in [-0.2, -0.15) is 5.10 Å². The summed E-state index contributed by atoms with van der Waals surface area (Å²) in [5.41, 5.74) is 5.51. The first kappa shape index (κ1) is 16.3. The van der Waals surface area contributed by atoms with Gasteiger partial charge in [0.05, 0.1) is 12.2 Å². The van der Waals surface area contributed by atoms with Crippen LogP contribution in [-0.4, -0.2) is 22.9 Å². The average Bonchev–Trinajstić information content (AvgIpc) is 2.79. The molecule has 3 nitrogen and oxygen atoms in total. The Morgan fingerprint density at radius 3 is 2.68 bits per heavy atom. The van der Waals surface area contributed by atoms with E-state index in [2.05, 4.69) is 5.32 Å². The van der Waals surface area contributed by atoms with Crippen molar-refractivity contribution in [2.24, 2.45) is 0 Å². The molecule has 3 aromatic rings. The molecule has 0 spiro atoms. The van der Waals surface area contributed by atoms with E-state index in [1.807, 2.05) is 35.0 Å². The highest BCUT2D eigenvalue weighted by atomic mass is 35.5. The predicted octanol–water partition coefficient (Wildman–Crippen LogP) is 4.08. The summed E-state index contributed by atoms with van der Waals surface area (Å²) in [7, 11) is 0. The number of benzene rings is 2. The number of fused-ring (bicyclic) bond motifs is 1. The van der Waals surface area contributed by atoms with Crippen LogP contribution in [0.4, 0.5) is 4.39 Å². The maximum Gasteiger partial charge on any atom is 0.123 e. The van der Waals surface area contributed by atoms with Crippen molar-refractivity contribution in [1.29, 1.82) is 0 Å². The summed E-state index contributed by atoms with van der Waals surface area (Å²) in [6.07, 6.45) is 1.86. The second-order valence-corrected chi connectivity index (χ2v) is 6.75. The Labute approximate surface area is 151 Å². The number of aromatic nitrogens is 2. The fourth-order valence-electron chi connectivity index (χ4n) is 3.40. The Balaban J connectivity index is 1.77. The number of hydrogen-bond donors (Lipinski definition) is 1. The molecule has 0 aliphatic carbocycles. The molecule has 0 fully saturated rings. The minimum absolute atomic E-state index is 0.213. The molecule has 0 saturated heterocycles. The van der Waals surface area contributed by atoms with Gasteiger partial charge in [-0.05, 0) is 42.8 Å². The van der Waals surface area contributed by atoms with Crippen LogP contribution < -0.4 is 5.32 Å². The van der Waals surface area contributed by atoms with Gasteiger partial charge in [0.15, 0.2) is 0 Å². The normalized spacial score (nSPS) is 14.2. The Hall–Kier alpha value is -2.17. The second kappa shape index (κ2) is 6.98. The molecule has 5 heteroatoms. The van der Waals surface area contributed by atoms with Crippen LogP contribution in [0.5, 0.6) is 0 Å². The highest BCUT2D eigenvalue weighted by molar-refractivity contribution is 6.30. The van der Waals surface area contributed by atoms with Gasteiger partial charge in [-0.25, -0.2) is 4.39 Å². The van der Waals surface area contributed by atoms with Gasteiger partial charge in [-0.15, -0.1) is 0 Å². The largest absolute Gasteiger partial charge is 0.316 e. The lowest BCUT2D eigenvalue weighted by atomic mass is 10.0. The third-order valence-electron chi connectivity index (χ3n) is 4.60. The van der Waals surface area contributed by atoms with E-state index >= 15 is 0 Å². The lowest BCUT2D eigenvalue weighted by molar-refractivity contribution is 0.609. The standard InChI is InChI=1S/C20H19ClFN3/c21-16-6-4-15(5-7-16)20-18-8-10-23-11-9-19(18)25(24-20)13-14-2-1-3-17(22)12-14/h1-7,12,23H,8-11,13H2.